The summed E-state index contributed by atoms with van der Waals surface area (Å²) in [5.74, 6) is -0.252. The highest BCUT2D eigenvalue weighted by Gasteiger charge is 2.51. The van der Waals surface area contributed by atoms with Crippen molar-refractivity contribution >= 4 is 5.91 Å². The smallest absolute Gasteiger partial charge is 0.220 e. The van der Waals surface area contributed by atoms with Crippen LogP contribution in [0.2, 0.25) is 0 Å². The van der Waals surface area contributed by atoms with E-state index in [4.69, 9.17) is 18.9 Å². The Balaban J connectivity index is 1.66. The summed E-state index contributed by atoms with van der Waals surface area (Å²) in [5.41, 5.74) is 0. The Morgan fingerprint density at radius 1 is 0.419 bits per heavy atom. The van der Waals surface area contributed by atoms with Crippen LogP contribution in [0.1, 0.15) is 284 Å². The van der Waals surface area contributed by atoms with E-state index in [1.54, 1.807) is 6.08 Å². The highest BCUT2D eigenvalue weighted by atomic mass is 16.7. The molecule has 2 heterocycles. The van der Waals surface area contributed by atoms with E-state index in [9.17, 15) is 45.6 Å². The third kappa shape index (κ3) is 40.2. The number of aliphatic hydroxyl groups is 8. The van der Waals surface area contributed by atoms with E-state index < -0.39 is 86.8 Å². The minimum Gasteiger partial charge on any atom is -0.394 e. The Labute approximate surface area is 523 Å². The van der Waals surface area contributed by atoms with Gasteiger partial charge in [-0.15, -0.1) is 0 Å². The molecule has 86 heavy (non-hydrogen) atoms. The maximum absolute atomic E-state index is 13.3. The minimum absolute atomic E-state index is 0.252. The molecular weight excluding hydrogens is 1090 g/mol. The van der Waals surface area contributed by atoms with Crippen LogP contribution < -0.4 is 5.32 Å². The van der Waals surface area contributed by atoms with E-state index in [2.05, 4.69) is 79.9 Å². The average Bonchev–Trinajstić information content (AvgIpc) is 2.63. The first kappa shape index (κ1) is 79.5. The Bertz CT molecular complexity index is 1720. The van der Waals surface area contributed by atoms with E-state index in [-0.39, 0.29) is 18.9 Å². The first-order valence-corrected chi connectivity index (χ1v) is 35.2. The zero-order chi connectivity index (χ0) is 62.3. The van der Waals surface area contributed by atoms with Crippen LogP contribution >= 0.6 is 0 Å². The molecular formula is C72H129NO13. The van der Waals surface area contributed by atoms with Gasteiger partial charge in [0.25, 0.3) is 0 Å². The molecule has 2 saturated heterocycles. The lowest BCUT2D eigenvalue weighted by molar-refractivity contribution is -0.359. The van der Waals surface area contributed by atoms with Gasteiger partial charge in [-0.3, -0.25) is 4.79 Å². The fraction of sp³-hybridized carbons (Fsp3) is 0.819. The van der Waals surface area contributed by atoms with Crippen LogP contribution in [0.15, 0.2) is 72.9 Å². The van der Waals surface area contributed by atoms with Crippen molar-refractivity contribution in [2.45, 2.75) is 357 Å². The summed E-state index contributed by atoms with van der Waals surface area (Å²) in [6, 6.07) is -0.941. The third-order valence-electron chi connectivity index (χ3n) is 16.8. The number of unbranched alkanes of at least 4 members (excludes halogenated alkanes) is 34. The minimum atomic E-state index is -1.79. The summed E-state index contributed by atoms with van der Waals surface area (Å²) >= 11 is 0. The maximum atomic E-state index is 13.3. The van der Waals surface area contributed by atoms with Crippen molar-refractivity contribution < 1.29 is 64.6 Å². The second-order valence-electron chi connectivity index (χ2n) is 24.6. The number of hydrogen-bond acceptors (Lipinski definition) is 13. The maximum Gasteiger partial charge on any atom is 0.220 e. The molecule has 500 valence electrons. The summed E-state index contributed by atoms with van der Waals surface area (Å²) in [4.78, 5) is 13.3. The normalized spacial score (nSPS) is 23.8. The van der Waals surface area contributed by atoms with Crippen LogP contribution in [-0.2, 0) is 23.7 Å². The summed E-state index contributed by atoms with van der Waals surface area (Å²) in [6.45, 7) is 2.78. The zero-order valence-electron chi connectivity index (χ0n) is 54.3. The number of ether oxygens (including phenoxy) is 4. The second-order valence-corrected chi connectivity index (χ2v) is 24.6. The lowest BCUT2D eigenvalue weighted by atomic mass is 9.97. The van der Waals surface area contributed by atoms with Gasteiger partial charge < -0.3 is 65.1 Å². The van der Waals surface area contributed by atoms with Gasteiger partial charge in [-0.05, 0) is 83.5 Å². The van der Waals surface area contributed by atoms with Crippen LogP contribution in [0.3, 0.4) is 0 Å². The monoisotopic (exact) mass is 1220 g/mol. The van der Waals surface area contributed by atoms with Gasteiger partial charge in [-0.1, -0.05) is 267 Å². The van der Waals surface area contributed by atoms with E-state index >= 15 is 0 Å². The highest BCUT2D eigenvalue weighted by molar-refractivity contribution is 5.76. The molecule has 0 aromatic rings. The first-order valence-electron chi connectivity index (χ1n) is 35.2. The van der Waals surface area contributed by atoms with Crippen molar-refractivity contribution in [1.29, 1.82) is 0 Å². The van der Waals surface area contributed by atoms with Crippen molar-refractivity contribution in [1.82, 2.24) is 5.32 Å². The van der Waals surface area contributed by atoms with E-state index in [0.717, 1.165) is 57.8 Å². The fourth-order valence-corrected chi connectivity index (χ4v) is 11.2. The summed E-state index contributed by atoms with van der Waals surface area (Å²) < 4.78 is 22.8. The molecule has 1 amide bonds. The number of rotatable bonds is 57. The summed E-state index contributed by atoms with van der Waals surface area (Å²) in [5, 5.41) is 87.3. The van der Waals surface area contributed by atoms with Crippen molar-refractivity contribution in [3.63, 3.8) is 0 Å². The molecule has 9 N–H and O–H groups in total. The predicted molar refractivity (Wildman–Crippen MR) is 350 cm³/mol. The Hall–Kier alpha value is -2.57. The Morgan fingerprint density at radius 2 is 0.779 bits per heavy atom. The van der Waals surface area contributed by atoms with Gasteiger partial charge in [0.05, 0.1) is 32.0 Å². The van der Waals surface area contributed by atoms with Gasteiger partial charge in [0.1, 0.15) is 48.8 Å². The fourth-order valence-electron chi connectivity index (χ4n) is 11.2. The van der Waals surface area contributed by atoms with Crippen molar-refractivity contribution in [3.8, 4) is 0 Å². The van der Waals surface area contributed by atoms with Gasteiger partial charge >= 0.3 is 0 Å². The second kappa shape index (κ2) is 56.4. The van der Waals surface area contributed by atoms with Gasteiger partial charge in [0.15, 0.2) is 12.6 Å². The molecule has 0 spiro atoms. The molecule has 14 nitrogen and oxygen atoms in total. The third-order valence-corrected chi connectivity index (χ3v) is 16.8. The van der Waals surface area contributed by atoms with Crippen molar-refractivity contribution in [2.24, 2.45) is 0 Å². The van der Waals surface area contributed by atoms with Gasteiger partial charge in [0.2, 0.25) is 5.91 Å². The standard InChI is InChI=1S/C72H129NO13/c1-3-5-7-9-11-13-15-17-19-21-23-24-25-26-27-28-29-30-31-32-33-34-35-36-38-40-42-44-46-48-50-52-54-56-64(77)73-60(61(76)55-53-51-49-47-45-43-41-39-37-22-20-18-16-14-12-10-8-6-4-2)59-83-71-69(82)67(80)70(63(58-75)85-71)86-72-68(81)66(79)65(78)62(57-74)84-72/h15,17,21,23,25-26,37,39,45,47,53,55,60-63,65-72,74-76,78-82H,3-14,16,18-20,22,24,27-36,38,40-44,46,48-52,54,56-59H2,1-2H3,(H,73,77)/b17-15-,23-21-,26-25-,39-37+,47-45+,55-53+. The Morgan fingerprint density at radius 3 is 1.22 bits per heavy atom. The number of amides is 1. The number of carbonyl (C=O) groups is 1. The number of hydrogen-bond donors (Lipinski definition) is 9. The van der Waals surface area contributed by atoms with Crippen LogP contribution in [0, 0.1) is 0 Å². The largest absolute Gasteiger partial charge is 0.394 e. The van der Waals surface area contributed by atoms with Crippen molar-refractivity contribution in [2.75, 3.05) is 19.8 Å². The molecule has 0 radical (unpaired) electrons. The molecule has 12 unspecified atom stereocenters. The van der Waals surface area contributed by atoms with Gasteiger partial charge in [-0.2, -0.15) is 0 Å². The van der Waals surface area contributed by atoms with E-state index in [0.29, 0.717) is 12.8 Å². The molecule has 12 atom stereocenters. The first-order chi connectivity index (χ1) is 42.1. The van der Waals surface area contributed by atoms with Crippen LogP contribution in [0.25, 0.3) is 0 Å². The van der Waals surface area contributed by atoms with Crippen molar-refractivity contribution in [3.05, 3.63) is 72.9 Å². The molecule has 0 saturated carbocycles. The lowest BCUT2D eigenvalue weighted by Gasteiger charge is -2.46. The topological polar surface area (TPSA) is 228 Å². The lowest BCUT2D eigenvalue weighted by Crippen LogP contribution is -2.65. The average molecular weight is 1220 g/mol. The number of allylic oxidation sites excluding steroid dienone is 11. The quantitative estimate of drug-likeness (QED) is 0.0204. The molecule has 2 aliphatic heterocycles. The molecule has 0 aromatic carbocycles. The highest BCUT2D eigenvalue weighted by Crippen LogP contribution is 2.30. The number of nitrogens with one attached hydrogen (secondary N) is 1. The van der Waals surface area contributed by atoms with Gasteiger partial charge in [0, 0.05) is 6.42 Å². The molecule has 0 bridgehead atoms. The summed E-state index contributed by atoms with van der Waals surface area (Å²) in [7, 11) is 0. The zero-order valence-corrected chi connectivity index (χ0v) is 54.3. The molecule has 14 heteroatoms. The van der Waals surface area contributed by atoms with E-state index in [1.165, 1.54) is 193 Å². The molecule has 2 fully saturated rings. The predicted octanol–water partition coefficient (Wildman–Crippen LogP) is 14.2. The van der Waals surface area contributed by atoms with Gasteiger partial charge in [-0.25, -0.2) is 0 Å². The molecule has 2 rings (SSSR count). The Kier molecular flexibility index (Phi) is 52.2. The number of aliphatic hydroxyl groups excluding tert-OH is 8. The molecule has 2 aliphatic rings. The number of carbonyl (C=O) groups excluding carboxylic acids is 1. The van der Waals surface area contributed by atoms with Crippen LogP contribution in [0.5, 0.6) is 0 Å². The summed E-state index contributed by atoms with van der Waals surface area (Å²) in [6.07, 6.45) is 59.6. The van der Waals surface area contributed by atoms with Crippen LogP contribution in [0.4, 0.5) is 0 Å². The molecule has 0 aromatic heterocycles. The van der Waals surface area contributed by atoms with E-state index in [1.807, 2.05) is 6.08 Å². The van der Waals surface area contributed by atoms with Crippen LogP contribution in [-0.4, -0.2) is 140 Å². The SMILES string of the molecule is CCCCCCC/C=C\C/C=C\C/C=C\CCCCCCCCCCCCCCCCCCCCC(=O)NC(COC1OC(CO)C(OC2OC(CO)C(O)C(O)C2O)C(O)C1O)C(O)/C=C/CC/C=C/CC/C=C/CCCCCCCCCCC. The molecule has 0 aliphatic carbocycles.